The minimum atomic E-state index is -0.189. The van der Waals surface area contributed by atoms with Crippen LogP contribution in [0.15, 0.2) is 24.3 Å². The first-order valence-electron chi connectivity index (χ1n) is 7.17. The highest BCUT2D eigenvalue weighted by Gasteiger charge is 2.62. The number of esters is 1. The molecule has 0 aromatic heterocycles. The quantitative estimate of drug-likeness (QED) is 0.655. The smallest absolute Gasteiger partial charge is 0.317 e. The average molecular weight is 258 g/mol. The van der Waals surface area contributed by atoms with Crippen molar-refractivity contribution in [3.63, 3.8) is 0 Å². The molecule has 0 amide bonds. The van der Waals surface area contributed by atoms with Crippen LogP contribution < -0.4 is 4.74 Å². The lowest BCUT2D eigenvalue weighted by atomic mass is 9.75. The first-order valence-corrected chi connectivity index (χ1v) is 7.17. The first-order chi connectivity index (χ1) is 9.15. The third kappa shape index (κ3) is 1.60. The zero-order valence-electron chi connectivity index (χ0n) is 10.8. The van der Waals surface area contributed by atoms with Crippen molar-refractivity contribution in [3.05, 3.63) is 24.3 Å². The Morgan fingerprint density at radius 3 is 2.37 bits per heavy atom. The van der Waals surface area contributed by atoms with Gasteiger partial charge < -0.3 is 9.84 Å². The fourth-order valence-corrected chi connectivity index (χ4v) is 4.85. The van der Waals surface area contributed by atoms with Crippen LogP contribution in [0.5, 0.6) is 11.5 Å². The van der Waals surface area contributed by atoms with E-state index in [4.69, 9.17) is 4.74 Å². The second-order valence-electron chi connectivity index (χ2n) is 6.58. The van der Waals surface area contributed by atoms with E-state index in [0.29, 0.717) is 11.7 Å². The number of ether oxygens (including phenoxy) is 1. The maximum atomic E-state index is 12.6. The van der Waals surface area contributed by atoms with E-state index in [1.54, 1.807) is 24.3 Å². The molecular formula is C16H18O3. The molecule has 4 saturated carbocycles. The number of carbonyl (C=O) groups excluding carboxylic acids is 1. The van der Waals surface area contributed by atoms with Gasteiger partial charge in [-0.25, -0.2) is 0 Å². The zero-order chi connectivity index (χ0) is 13.0. The lowest BCUT2D eigenvalue weighted by Gasteiger charge is -2.30. The predicted octanol–water partition coefficient (Wildman–Crippen LogP) is 3.12. The van der Waals surface area contributed by atoms with E-state index in [-0.39, 0.29) is 17.1 Å². The minimum absolute atomic E-state index is 0.0344. The highest BCUT2D eigenvalue weighted by molar-refractivity contribution is 5.80. The molecule has 0 radical (unpaired) electrons. The van der Waals surface area contributed by atoms with Crippen LogP contribution in [0.4, 0.5) is 0 Å². The number of hydrogen-bond donors (Lipinski definition) is 1. The molecule has 0 aliphatic heterocycles. The first kappa shape index (κ1) is 11.3. The predicted molar refractivity (Wildman–Crippen MR) is 69.7 cm³/mol. The van der Waals surface area contributed by atoms with Crippen LogP contribution in [-0.2, 0) is 4.79 Å². The number of benzene rings is 1. The van der Waals surface area contributed by atoms with E-state index >= 15 is 0 Å². The van der Waals surface area contributed by atoms with E-state index in [1.807, 2.05) is 0 Å². The van der Waals surface area contributed by atoms with Gasteiger partial charge in [0.2, 0.25) is 0 Å². The van der Waals surface area contributed by atoms with Crippen LogP contribution in [-0.4, -0.2) is 11.1 Å². The fourth-order valence-electron chi connectivity index (χ4n) is 4.85. The standard InChI is InChI=1S/C16H18O3/c17-13-1-3-14(4-2-13)19-15(18)16-8-10-5-11(9-16)7-12(16)6-10/h1-4,10-12,17H,5-9H2. The summed E-state index contributed by atoms with van der Waals surface area (Å²) in [6.07, 6.45) is 5.84. The van der Waals surface area contributed by atoms with Crippen LogP contribution in [0.1, 0.15) is 32.1 Å². The molecule has 3 heteroatoms. The molecule has 2 atom stereocenters. The molecule has 1 aromatic carbocycles. The molecule has 5 rings (SSSR count). The molecule has 3 nitrogen and oxygen atoms in total. The summed E-state index contributed by atoms with van der Waals surface area (Å²) in [7, 11) is 0. The van der Waals surface area contributed by atoms with Gasteiger partial charge in [0.1, 0.15) is 11.5 Å². The maximum Gasteiger partial charge on any atom is 0.317 e. The van der Waals surface area contributed by atoms with Gasteiger partial charge in [-0.15, -0.1) is 0 Å². The van der Waals surface area contributed by atoms with Crippen molar-refractivity contribution >= 4 is 5.97 Å². The normalized spacial score (nSPS) is 38.6. The molecule has 0 spiro atoms. The van der Waals surface area contributed by atoms with Crippen LogP contribution in [0.25, 0.3) is 0 Å². The Bertz CT molecular complexity index is 505. The van der Waals surface area contributed by atoms with Gasteiger partial charge in [-0.3, -0.25) is 4.79 Å². The van der Waals surface area contributed by atoms with Gasteiger partial charge in [0.05, 0.1) is 5.41 Å². The highest BCUT2D eigenvalue weighted by atomic mass is 16.5. The summed E-state index contributed by atoms with van der Waals surface area (Å²) in [5, 5.41) is 9.25. The molecule has 1 aromatic rings. The largest absolute Gasteiger partial charge is 0.508 e. The summed E-state index contributed by atoms with van der Waals surface area (Å²) in [5.41, 5.74) is -0.189. The number of aromatic hydroxyl groups is 1. The highest BCUT2D eigenvalue weighted by Crippen LogP contribution is 2.65. The Kier molecular flexibility index (Phi) is 2.23. The van der Waals surface area contributed by atoms with Gasteiger partial charge in [-0.1, -0.05) is 0 Å². The van der Waals surface area contributed by atoms with E-state index < -0.39 is 0 Å². The van der Waals surface area contributed by atoms with Crippen molar-refractivity contribution < 1.29 is 14.6 Å². The van der Waals surface area contributed by atoms with Crippen LogP contribution in [0, 0.1) is 23.2 Å². The Morgan fingerprint density at radius 2 is 1.74 bits per heavy atom. The zero-order valence-corrected chi connectivity index (χ0v) is 10.8. The van der Waals surface area contributed by atoms with Crippen molar-refractivity contribution in [3.8, 4) is 11.5 Å². The molecule has 4 aliphatic carbocycles. The van der Waals surface area contributed by atoms with Crippen molar-refractivity contribution in [1.82, 2.24) is 0 Å². The Labute approximate surface area is 112 Å². The van der Waals surface area contributed by atoms with E-state index in [1.165, 1.54) is 19.3 Å². The summed E-state index contributed by atoms with van der Waals surface area (Å²) in [5.74, 6) is 2.77. The molecule has 4 aliphatic rings. The van der Waals surface area contributed by atoms with Crippen molar-refractivity contribution in [2.45, 2.75) is 32.1 Å². The number of phenolic OH excluding ortho intramolecular Hbond substituents is 1. The van der Waals surface area contributed by atoms with E-state index in [9.17, 15) is 9.90 Å². The van der Waals surface area contributed by atoms with Crippen molar-refractivity contribution in [2.24, 2.45) is 23.2 Å². The number of phenols is 1. The van der Waals surface area contributed by atoms with E-state index in [0.717, 1.165) is 24.7 Å². The Hall–Kier alpha value is -1.51. The monoisotopic (exact) mass is 258 g/mol. The van der Waals surface area contributed by atoms with Gasteiger partial charge >= 0.3 is 5.97 Å². The van der Waals surface area contributed by atoms with Gasteiger partial charge in [-0.05, 0) is 74.1 Å². The lowest BCUT2D eigenvalue weighted by molar-refractivity contribution is -0.147. The molecular weight excluding hydrogens is 240 g/mol. The second-order valence-corrected chi connectivity index (χ2v) is 6.58. The molecule has 1 N–H and O–H groups in total. The molecule has 4 bridgehead atoms. The average Bonchev–Trinajstić information content (AvgIpc) is 2.78. The second kappa shape index (κ2) is 3.75. The number of carbonyl (C=O) groups is 1. The van der Waals surface area contributed by atoms with Gasteiger partial charge in [0.25, 0.3) is 0 Å². The van der Waals surface area contributed by atoms with Gasteiger partial charge in [0.15, 0.2) is 0 Å². The fraction of sp³-hybridized carbons (Fsp3) is 0.562. The molecule has 0 saturated heterocycles. The van der Waals surface area contributed by atoms with Crippen LogP contribution in [0.3, 0.4) is 0 Å². The van der Waals surface area contributed by atoms with Gasteiger partial charge in [0, 0.05) is 0 Å². The Morgan fingerprint density at radius 1 is 1.11 bits per heavy atom. The van der Waals surface area contributed by atoms with Crippen LogP contribution in [0.2, 0.25) is 0 Å². The summed E-state index contributed by atoms with van der Waals surface area (Å²) < 4.78 is 5.58. The topological polar surface area (TPSA) is 46.5 Å². The molecule has 4 fully saturated rings. The molecule has 0 heterocycles. The van der Waals surface area contributed by atoms with Gasteiger partial charge in [-0.2, -0.15) is 0 Å². The minimum Gasteiger partial charge on any atom is -0.508 e. The van der Waals surface area contributed by atoms with Crippen LogP contribution >= 0.6 is 0 Å². The number of rotatable bonds is 2. The summed E-state index contributed by atoms with van der Waals surface area (Å²) in [4.78, 5) is 12.6. The third-order valence-corrected chi connectivity index (χ3v) is 5.44. The Balaban J connectivity index is 1.56. The number of hydrogen-bond acceptors (Lipinski definition) is 3. The molecule has 19 heavy (non-hydrogen) atoms. The molecule has 2 unspecified atom stereocenters. The van der Waals surface area contributed by atoms with Crippen molar-refractivity contribution in [1.29, 1.82) is 0 Å². The van der Waals surface area contributed by atoms with E-state index in [2.05, 4.69) is 0 Å². The van der Waals surface area contributed by atoms with Crippen molar-refractivity contribution in [2.75, 3.05) is 0 Å². The molecule has 100 valence electrons. The SMILES string of the molecule is O=C(Oc1ccc(O)cc1)C12CC3CC(CC1C3)C2. The lowest BCUT2D eigenvalue weighted by Crippen LogP contribution is -2.36. The summed E-state index contributed by atoms with van der Waals surface area (Å²) in [6.45, 7) is 0. The summed E-state index contributed by atoms with van der Waals surface area (Å²) in [6, 6.07) is 6.42. The maximum absolute atomic E-state index is 12.6. The summed E-state index contributed by atoms with van der Waals surface area (Å²) >= 11 is 0. The third-order valence-electron chi connectivity index (χ3n) is 5.44.